The smallest absolute Gasteiger partial charge is 0.191 e. The molecule has 0 aliphatic rings. The zero-order chi connectivity index (χ0) is 13.9. The Bertz CT molecular complexity index is 344. The van der Waals surface area contributed by atoms with E-state index in [1.54, 1.807) is 6.26 Å². The monoisotopic (exact) mass is 265 g/mol. The Hall–Kier alpha value is -1.45. The minimum absolute atomic E-state index is 0.711. The van der Waals surface area contributed by atoms with Crippen LogP contribution in [0.4, 0.5) is 0 Å². The Morgan fingerprint density at radius 2 is 2.11 bits per heavy atom. The third kappa shape index (κ3) is 7.54. The van der Waals surface area contributed by atoms with Crippen LogP contribution in [-0.4, -0.2) is 25.6 Å². The maximum atomic E-state index is 5.31. The average Bonchev–Trinajstić information content (AvgIpc) is 2.88. The summed E-state index contributed by atoms with van der Waals surface area (Å²) in [5, 5.41) is 6.72. The highest BCUT2D eigenvalue weighted by Crippen LogP contribution is 1.99. The second-order valence-corrected chi connectivity index (χ2v) is 5.10. The SMILES string of the molecule is CCCN=C(NCCc1ccco1)NCCC(C)C. The summed E-state index contributed by atoms with van der Waals surface area (Å²) in [6.45, 7) is 9.26. The molecule has 0 saturated carbocycles. The van der Waals surface area contributed by atoms with Crippen LogP contribution in [-0.2, 0) is 6.42 Å². The van der Waals surface area contributed by atoms with Gasteiger partial charge in [0.05, 0.1) is 6.26 Å². The van der Waals surface area contributed by atoms with E-state index in [-0.39, 0.29) is 0 Å². The van der Waals surface area contributed by atoms with Crippen molar-refractivity contribution in [2.24, 2.45) is 10.9 Å². The van der Waals surface area contributed by atoms with Gasteiger partial charge in [-0.1, -0.05) is 20.8 Å². The fourth-order valence-corrected chi connectivity index (χ4v) is 1.64. The molecule has 4 heteroatoms. The first-order chi connectivity index (χ1) is 9.22. The van der Waals surface area contributed by atoms with Crippen LogP contribution in [0.3, 0.4) is 0 Å². The van der Waals surface area contributed by atoms with Crippen molar-refractivity contribution < 1.29 is 4.42 Å². The van der Waals surface area contributed by atoms with E-state index >= 15 is 0 Å². The number of guanidine groups is 1. The van der Waals surface area contributed by atoms with Crippen LogP contribution in [0.1, 0.15) is 39.4 Å². The van der Waals surface area contributed by atoms with Crippen molar-refractivity contribution in [1.29, 1.82) is 0 Å². The molecule has 1 aromatic heterocycles. The van der Waals surface area contributed by atoms with Gasteiger partial charge >= 0.3 is 0 Å². The van der Waals surface area contributed by atoms with Crippen molar-refractivity contribution >= 4 is 5.96 Å². The Morgan fingerprint density at radius 3 is 2.74 bits per heavy atom. The van der Waals surface area contributed by atoms with Gasteiger partial charge < -0.3 is 15.1 Å². The maximum absolute atomic E-state index is 5.31. The summed E-state index contributed by atoms with van der Waals surface area (Å²) in [4.78, 5) is 4.52. The van der Waals surface area contributed by atoms with Crippen LogP contribution in [0.25, 0.3) is 0 Å². The van der Waals surface area contributed by atoms with Crippen LogP contribution in [0, 0.1) is 5.92 Å². The molecule has 0 aliphatic carbocycles. The predicted molar refractivity (Wildman–Crippen MR) is 80.5 cm³/mol. The molecule has 0 bridgehead atoms. The molecular formula is C15H27N3O. The Balaban J connectivity index is 2.28. The fraction of sp³-hybridized carbons (Fsp3) is 0.667. The number of hydrogen-bond donors (Lipinski definition) is 2. The van der Waals surface area contributed by atoms with Crippen LogP contribution in [0.15, 0.2) is 27.8 Å². The number of nitrogens with zero attached hydrogens (tertiary/aromatic N) is 1. The lowest BCUT2D eigenvalue weighted by Gasteiger charge is -2.13. The van der Waals surface area contributed by atoms with E-state index in [9.17, 15) is 0 Å². The van der Waals surface area contributed by atoms with Gasteiger partial charge in [-0.3, -0.25) is 4.99 Å². The van der Waals surface area contributed by atoms with Crippen molar-refractivity contribution in [3.63, 3.8) is 0 Å². The zero-order valence-corrected chi connectivity index (χ0v) is 12.4. The average molecular weight is 265 g/mol. The normalized spacial score (nSPS) is 11.9. The highest BCUT2D eigenvalue weighted by molar-refractivity contribution is 5.79. The highest BCUT2D eigenvalue weighted by atomic mass is 16.3. The van der Waals surface area contributed by atoms with Crippen molar-refractivity contribution in [2.75, 3.05) is 19.6 Å². The maximum Gasteiger partial charge on any atom is 0.191 e. The van der Waals surface area contributed by atoms with Gasteiger partial charge in [-0.25, -0.2) is 0 Å². The van der Waals surface area contributed by atoms with Gasteiger partial charge in [0.2, 0.25) is 0 Å². The molecule has 0 aliphatic heterocycles. The van der Waals surface area contributed by atoms with E-state index in [2.05, 4.69) is 36.4 Å². The summed E-state index contributed by atoms with van der Waals surface area (Å²) < 4.78 is 5.31. The summed E-state index contributed by atoms with van der Waals surface area (Å²) in [6, 6.07) is 3.92. The van der Waals surface area contributed by atoms with Gasteiger partial charge in [-0.2, -0.15) is 0 Å². The Kier molecular flexibility index (Phi) is 7.78. The number of furan rings is 1. The highest BCUT2D eigenvalue weighted by Gasteiger charge is 2.00. The fourth-order valence-electron chi connectivity index (χ4n) is 1.64. The first-order valence-electron chi connectivity index (χ1n) is 7.27. The number of hydrogen-bond acceptors (Lipinski definition) is 2. The van der Waals surface area contributed by atoms with Crippen molar-refractivity contribution in [3.8, 4) is 0 Å². The van der Waals surface area contributed by atoms with Crippen LogP contribution < -0.4 is 10.6 Å². The number of nitrogens with one attached hydrogen (secondary N) is 2. The predicted octanol–water partition coefficient (Wildman–Crippen LogP) is 2.81. The topological polar surface area (TPSA) is 49.6 Å². The molecule has 0 saturated heterocycles. The first kappa shape index (κ1) is 15.6. The molecule has 4 nitrogen and oxygen atoms in total. The van der Waals surface area contributed by atoms with Gasteiger partial charge in [0.1, 0.15) is 5.76 Å². The summed E-state index contributed by atoms with van der Waals surface area (Å²) in [5.41, 5.74) is 0. The Morgan fingerprint density at radius 1 is 1.32 bits per heavy atom. The van der Waals surface area contributed by atoms with E-state index in [0.29, 0.717) is 5.92 Å². The molecule has 108 valence electrons. The van der Waals surface area contributed by atoms with E-state index in [4.69, 9.17) is 4.42 Å². The molecule has 0 amide bonds. The minimum Gasteiger partial charge on any atom is -0.469 e. The molecule has 1 aromatic rings. The van der Waals surface area contributed by atoms with E-state index in [1.165, 1.54) is 0 Å². The van der Waals surface area contributed by atoms with Gasteiger partial charge in [-0.15, -0.1) is 0 Å². The summed E-state index contributed by atoms with van der Waals surface area (Å²) in [6.07, 6.45) is 4.81. The lowest BCUT2D eigenvalue weighted by atomic mass is 10.1. The molecule has 0 atom stereocenters. The quantitative estimate of drug-likeness (QED) is 0.561. The standard InChI is InChI=1S/C15H27N3O/c1-4-9-16-15(17-10-7-13(2)3)18-11-8-14-6-5-12-19-14/h5-6,12-13H,4,7-11H2,1-3H3,(H2,16,17,18). The number of aliphatic imine (C=N–C) groups is 1. The third-order valence-electron chi connectivity index (χ3n) is 2.75. The molecule has 1 rings (SSSR count). The molecule has 0 spiro atoms. The van der Waals surface area contributed by atoms with Gasteiger partial charge in [-0.05, 0) is 30.9 Å². The van der Waals surface area contributed by atoms with E-state index in [0.717, 1.165) is 50.6 Å². The van der Waals surface area contributed by atoms with Crippen LogP contribution in [0.5, 0.6) is 0 Å². The summed E-state index contributed by atoms with van der Waals surface area (Å²) >= 11 is 0. The lowest BCUT2D eigenvalue weighted by molar-refractivity contribution is 0.506. The second kappa shape index (κ2) is 9.48. The summed E-state index contributed by atoms with van der Waals surface area (Å²) in [5.74, 6) is 2.63. The van der Waals surface area contributed by atoms with Crippen LogP contribution >= 0.6 is 0 Å². The molecule has 1 heterocycles. The molecule has 0 radical (unpaired) electrons. The van der Waals surface area contributed by atoms with Gasteiger partial charge in [0, 0.05) is 26.1 Å². The van der Waals surface area contributed by atoms with Gasteiger partial charge in [0.15, 0.2) is 5.96 Å². The molecule has 2 N–H and O–H groups in total. The van der Waals surface area contributed by atoms with Gasteiger partial charge in [0.25, 0.3) is 0 Å². The molecule has 0 aromatic carbocycles. The molecule has 0 fully saturated rings. The summed E-state index contributed by atoms with van der Waals surface area (Å²) in [7, 11) is 0. The van der Waals surface area contributed by atoms with Crippen molar-refractivity contribution in [3.05, 3.63) is 24.2 Å². The molecular weight excluding hydrogens is 238 g/mol. The van der Waals surface area contributed by atoms with Crippen molar-refractivity contribution in [2.45, 2.75) is 40.0 Å². The zero-order valence-electron chi connectivity index (χ0n) is 12.4. The van der Waals surface area contributed by atoms with E-state index in [1.807, 2.05) is 12.1 Å². The number of rotatable bonds is 8. The second-order valence-electron chi connectivity index (χ2n) is 5.10. The first-order valence-corrected chi connectivity index (χ1v) is 7.27. The third-order valence-corrected chi connectivity index (χ3v) is 2.75. The van der Waals surface area contributed by atoms with Crippen molar-refractivity contribution in [1.82, 2.24) is 10.6 Å². The molecule has 19 heavy (non-hydrogen) atoms. The Labute approximate surface area is 116 Å². The lowest BCUT2D eigenvalue weighted by Crippen LogP contribution is -2.39. The van der Waals surface area contributed by atoms with E-state index < -0.39 is 0 Å². The molecule has 0 unspecified atom stereocenters. The largest absolute Gasteiger partial charge is 0.469 e. The minimum atomic E-state index is 0.711. The van der Waals surface area contributed by atoms with Crippen LogP contribution in [0.2, 0.25) is 0 Å².